The molecule has 0 amide bonds. The molecule has 1 rings (SSSR count). The van der Waals surface area contributed by atoms with Gasteiger partial charge in [-0.15, -0.1) is 11.8 Å². The summed E-state index contributed by atoms with van der Waals surface area (Å²) in [5.41, 5.74) is 0. The van der Waals surface area contributed by atoms with Gasteiger partial charge in [-0.05, 0) is 6.92 Å². The Morgan fingerprint density at radius 2 is 2.27 bits per heavy atom. The second kappa shape index (κ2) is 5.30. The van der Waals surface area contributed by atoms with Gasteiger partial charge in [0.05, 0.1) is 17.0 Å². The van der Waals surface area contributed by atoms with Gasteiger partial charge in [0.25, 0.3) is 0 Å². The Bertz CT molecular complexity index is 291. The third-order valence-corrected chi connectivity index (χ3v) is 3.83. The monoisotopic (exact) mass is 228 g/mol. The minimum Gasteiger partial charge on any atom is -0.377 e. The molecule has 0 saturated heterocycles. The summed E-state index contributed by atoms with van der Waals surface area (Å²) in [5.74, 6) is 0.886. The van der Waals surface area contributed by atoms with E-state index in [1.807, 2.05) is 0 Å². The number of rotatable bonds is 4. The maximum Gasteiger partial charge on any atom is 0.156 e. The smallest absolute Gasteiger partial charge is 0.156 e. The van der Waals surface area contributed by atoms with Crippen LogP contribution in [-0.4, -0.2) is 35.5 Å². The van der Waals surface area contributed by atoms with Crippen molar-refractivity contribution in [3.8, 4) is 0 Å². The third kappa shape index (κ3) is 3.06. The van der Waals surface area contributed by atoms with E-state index in [0.29, 0.717) is 18.7 Å². The molecular formula is C10H16N2O2S. The Morgan fingerprint density at radius 3 is 2.73 bits per heavy atom. The summed E-state index contributed by atoms with van der Waals surface area (Å²) in [6.45, 7) is 1.68. The van der Waals surface area contributed by atoms with Crippen molar-refractivity contribution >= 4 is 29.2 Å². The van der Waals surface area contributed by atoms with E-state index in [9.17, 15) is 9.59 Å². The van der Waals surface area contributed by atoms with Crippen LogP contribution in [0.3, 0.4) is 0 Å². The highest BCUT2D eigenvalue weighted by atomic mass is 32.2. The Hall–Kier alpha value is -0.840. The fraction of sp³-hybridized carbons (Fsp3) is 0.700. The number of hydrogen-bond donors (Lipinski definition) is 2. The van der Waals surface area contributed by atoms with E-state index in [4.69, 9.17) is 5.41 Å². The zero-order valence-corrected chi connectivity index (χ0v) is 9.82. The number of carbonyl (C=O) groups is 2. The summed E-state index contributed by atoms with van der Waals surface area (Å²) >= 11 is 1.49. The van der Waals surface area contributed by atoms with Crippen LogP contribution >= 0.6 is 11.8 Å². The topological polar surface area (TPSA) is 70.0 Å². The standard InChI is InChI=1S/C10H16N2O2S/c1-6-7(13)5-8(10(6)14)15-4-3-9(11)12-2/h6,8H,3-5H2,1-2H3,(H2,11,12). The van der Waals surface area contributed by atoms with Crippen LogP contribution < -0.4 is 5.32 Å². The van der Waals surface area contributed by atoms with Crippen molar-refractivity contribution in [1.29, 1.82) is 5.41 Å². The molecule has 1 aliphatic rings. The van der Waals surface area contributed by atoms with E-state index < -0.39 is 5.92 Å². The zero-order valence-electron chi connectivity index (χ0n) is 9.00. The summed E-state index contributed by atoms with van der Waals surface area (Å²) in [7, 11) is 1.71. The molecule has 1 aliphatic carbocycles. The Balaban J connectivity index is 2.32. The van der Waals surface area contributed by atoms with E-state index in [0.717, 1.165) is 5.75 Å². The second-order valence-corrected chi connectivity index (χ2v) is 4.94. The average Bonchev–Trinajstić information content (AvgIpc) is 2.46. The summed E-state index contributed by atoms with van der Waals surface area (Å²) in [6, 6.07) is 0. The molecule has 5 heteroatoms. The third-order valence-electron chi connectivity index (χ3n) is 2.59. The molecule has 4 nitrogen and oxygen atoms in total. The van der Waals surface area contributed by atoms with Gasteiger partial charge >= 0.3 is 0 Å². The van der Waals surface area contributed by atoms with Crippen LogP contribution in [0.15, 0.2) is 0 Å². The number of amidine groups is 1. The van der Waals surface area contributed by atoms with Gasteiger partial charge in [0.15, 0.2) is 5.78 Å². The van der Waals surface area contributed by atoms with E-state index >= 15 is 0 Å². The Morgan fingerprint density at radius 1 is 1.60 bits per heavy atom. The molecular weight excluding hydrogens is 212 g/mol. The number of nitrogens with one attached hydrogen (secondary N) is 2. The largest absolute Gasteiger partial charge is 0.377 e. The molecule has 0 heterocycles. The highest BCUT2D eigenvalue weighted by Crippen LogP contribution is 2.28. The van der Waals surface area contributed by atoms with Crippen LogP contribution in [0.5, 0.6) is 0 Å². The van der Waals surface area contributed by atoms with E-state index in [-0.39, 0.29) is 16.8 Å². The van der Waals surface area contributed by atoms with Crippen LogP contribution in [0.25, 0.3) is 0 Å². The molecule has 15 heavy (non-hydrogen) atoms. The van der Waals surface area contributed by atoms with Crippen molar-refractivity contribution in [2.45, 2.75) is 25.0 Å². The summed E-state index contributed by atoms with van der Waals surface area (Å²) in [6.07, 6.45) is 0.991. The van der Waals surface area contributed by atoms with Gasteiger partial charge in [-0.1, -0.05) is 0 Å². The molecule has 0 aromatic carbocycles. The molecule has 2 N–H and O–H groups in total. The first-order chi connectivity index (χ1) is 7.06. The fourth-order valence-corrected chi connectivity index (χ4v) is 2.72. The van der Waals surface area contributed by atoms with Crippen LogP contribution in [0.4, 0.5) is 0 Å². The van der Waals surface area contributed by atoms with Gasteiger partial charge in [-0.25, -0.2) is 0 Å². The van der Waals surface area contributed by atoms with Gasteiger partial charge < -0.3 is 5.32 Å². The summed E-state index contributed by atoms with van der Waals surface area (Å²) < 4.78 is 0. The SMILES string of the molecule is CNC(=N)CCSC1CC(=O)C(C)C1=O. The van der Waals surface area contributed by atoms with Crippen LogP contribution in [0, 0.1) is 11.3 Å². The van der Waals surface area contributed by atoms with E-state index in [1.54, 1.807) is 14.0 Å². The fourth-order valence-electron chi connectivity index (χ4n) is 1.47. The van der Waals surface area contributed by atoms with Crippen molar-refractivity contribution in [2.75, 3.05) is 12.8 Å². The average molecular weight is 228 g/mol. The van der Waals surface area contributed by atoms with Gasteiger partial charge in [-0.3, -0.25) is 15.0 Å². The molecule has 2 atom stereocenters. The van der Waals surface area contributed by atoms with Crippen molar-refractivity contribution in [3.05, 3.63) is 0 Å². The van der Waals surface area contributed by atoms with Crippen LogP contribution in [0.2, 0.25) is 0 Å². The maximum absolute atomic E-state index is 11.6. The van der Waals surface area contributed by atoms with Gasteiger partial charge in [-0.2, -0.15) is 0 Å². The minimum absolute atomic E-state index is 0.0565. The quantitative estimate of drug-likeness (QED) is 0.425. The minimum atomic E-state index is -0.411. The molecule has 0 aliphatic heterocycles. The highest BCUT2D eigenvalue weighted by Gasteiger charge is 2.37. The maximum atomic E-state index is 11.6. The lowest BCUT2D eigenvalue weighted by Crippen LogP contribution is -2.19. The van der Waals surface area contributed by atoms with Gasteiger partial charge in [0, 0.05) is 25.6 Å². The molecule has 1 saturated carbocycles. The molecule has 2 unspecified atom stereocenters. The molecule has 0 bridgehead atoms. The van der Waals surface area contributed by atoms with Crippen molar-refractivity contribution in [3.63, 3.8) is 0 Å². The first-order valence-corrected chi connectivity index (χ1v) is 6.04. The lowest BCUT2D eigenvalue weighted by atomic mass is 10.1. The van der Waals surface area contributed by atoms with Crippen LogP contribution in [0.1, 0.15) is 19.8 Å². The molecule has 0 aromatic heterocycles. The lowest BCUT2D eigenvalue weighted by molar-refractivity contribution is -0.126. The number of carbonyl (C=O) groups excluding carboxylic acids is 2. The number of ketones is 2. The lowest BCUT2D eigenvalue weighted by Gasteiger charge is -2.07. The van der Waals surface area contributed by atoms with E-state index in [1.165, 1.54) is 11.8 Å². The summed E-state index contributed by atoms with van der Waals surface area (Å²) in [5, 5.41) is 9.93. The first kappa shape index (κ1) is 12.2. The Labute approximate surface area is 93.7 Å². The molecule has 0 spiro atoms. The molecule has 0 aromatic rings. The molecule has 1 fully saturated rings. The molecule has 84 valence electrons. The van der Waals surface area contributed by atoms with Crippen molar-refractivity contribution in [2.24, 2.45) is 5.92 Å². The van der Waals surface area contributed by atoms with E-state index in [2.05, 4.69) is 5.32 Å². The highest BCUT2D eigenvalue weighted by molar-refractivity contribution is 8.00. The summed E-state index contributed by atoms with van der Waals surface area (Å²) in [4.78, 5) is 22.8. The van der Waals surface area contributed by atoms with Crippen LogP contribution in [-0.2, 0) is 9.59 Å². The predicted molar refractivity (Wildman–Crippen MR) is 61.4 cm³/mol. The Kier molecular flexibility index (Phi) is 4.32. The molecule has 0 radical (unpaired) electrons. The zero-order chi connectivity index (χ0) is 11.4. The van der Waals surface area contributed by atoms with Crippen molar-refractivity contribution in [1.82, 2.24) is 5.32 Å². The number of Topliss-reactive ketones (excluding diaryl/α,β-unsaturated/α-hetero) is 2. The number of thioether (sulfide) groups is 1. The van der Waals surface area contributed by atoms with Gasteiger partial charge in [0.1, 0.15) is 5.78 Å². The predicted octanol–water partition coefficient (Wildman–Crippen LogP) is 0.853. The normalized spacial score (nSPS) is 25.7. The van der Waals surface area contributed by atoms with Gasteiger partial charge in [0.2, 0.25) is 0 Å². The van der Waals surface area contributed by atoms with Crippen molar-refractivity contribution < 1.29 is 9.59 Å². The first-order valence-electron chi connectivity index (χ1n) is 4.99. The number of hydrogen-bond acceptors (Lipinski definition) is 4. The second-order valence-electron chi connectivity index (χ2n) is 3.63.